The zero-order valence-electron chi connectivity index (χ0n) is 13.1. The lowest BCUT2D eigenvalue weighted by Crippen LogP contribution is -2.22. The number of ether oxygens (including phenoxy) is 1. The van der Waals surface area contributed by atoms with Crippen LogP contribution in [0.1, 0.15) is 6.92 Å². The summed E-state index contributed by atoms with van der Waals surface area (Å²) in [4.78, 5) is 23.8. The van der Waals surface area contributed by atoms with Gasteiger partial charge in [-0.2, -0.15) is 0 Å². The van der Waals surface area contributed by atoms with Gasteiger partial charge in [-0.1, -0.05) is 0 Å². The fourth-order valence-electron chi connectivity index (χ4n) is 2.27. The summed E-state index contributed by atoms with van der Waals surface area (Å²) >= 11 is 0. The van der Waals surface area contributed by atoms with Crippen LogP contribution in [0.15, 0.2) is 51.7 Å². The Bertz CT molecular complexity index is 1000. The first-order valence-corrected chi connectivity index (χ1v) is 7.35. The molecular weight excluding hydrogens is 328 g/mol. The normalized spacial score (nSPS) is 12.1. The Morgan fingerprint density at radius 2 is 1.80 bits per heavy atom. The first-order valence-electron chi connectivity index (χ1n) is 7.35. The molecule has 128 valence electrons. The van der Waals surface area contributed by atoms with E-state index in [1.165, 1.54) is 31.2 Å². The summed E-state index contributed by atoms with van der Waals surface area (Å²) in [6.07, 6.45) is -1.34. The molecule has 1 atom stereocenters. The van der Waals surface area contributed by atoms with E-state index in [4.69, 9.17) is 9.15 Å². The SMILES string of the molecule is C[C@H](O)C(=O)Oc1cc(O)c2c(=O)cc(-c3ccc(O)cc3)oc2c1. The van der Waals surface area contributed by atoms with Gasteiger partial charge in [-0.3, -0.25) is 4.79 Å². The minimum atomic E-state index is -1.34. The monoisotopic (exact) mass is 342 g/mol. The minimum Gasteiger partial charge on any atom is -0.508 e. The molecular formula is C18H14O7. The van der Waals surface area contributed by atoms with Crippen molar-refractivity contribution in [3.8, 4) is 28.6 Å². The number of hydrogen-bond acceptors (Lipinski definition) is 7. The van der Waals surface area contributed by atoms with Crippen LogP contribution in [-0.4, -0.2) is 27.4 Å². The number of carbonyl (C=O) groups excluding carboxylic acids is 1. The highest BCUT2D eigenvalue weighted by Gasteiger charge is 2.16. The number of aliphatic hydroxyl groups excluding tert-OH is 1. The number of aromatic hydroxyl groups is 2. The second-order valence-corrected chi connectivity index (χ2v) is 5.43. The number of hydrogen-bond donors (Lipinski definition) is 3. The molecule has 0 saturated heterocycles. The van der Waals surface area contributed by atoms with Gasteiger partial charge in [0.05, 0.1) is 0 Å². The largest absolute Gasteiger partial charge is 0.508 e. The predicted octanol–water partition coefficient (Wildman–Crippen LogP) is 2.16. The van der Waals surface area contributed by atoms with Crippen molar-refractivity contribution >= 4 is 16.9 Å². The molecule has 3 rings (SSSR count). The zero-order valence-corrected chi connectivity index (χ0v) is 13.1. The number of benzene rings is 2. The quantitative estimate of drug-likeness (QED) is 0.493. The van der Waals surface area contributed by atoms with E-state index < -0.39 is 23.3 Å². The molecule has 1 aromatic heterocycles. The number of carbonyl (C=O) groups is 1. The van der Waals surface area contributed by atoms with Crippen LogP contribution in [-0.2, 0) is 4.79 Å². The highest BCUT2D eigenvalue weighted by atomic mass is 16.5. The molecule has 25 heavy (non-hydrogen) atoms. The van der Waals surface area contributed by atoms with Crippen LogP contribution < -0.4 is 10.2 Å². The van der Waals surface area contributed by atoms with E-state index in [0.717, 1.165) is 6.07 Å². The Morgan fingerprint density at radius 1 is 1.12 bits per heavy atom. The molecule has 7 heteroatoms. The van der Waals surface area contributed by atoms with Gasteiger partial charge in [-0.05, 0) is 31.2 Å². The van der Waals surface area contributed by atoms with Crippen LogP contribution >= 0.6 is 0 Å². The fourth-order valence-corrected chi connectivity index (χ4v) is 2.27. The molecule has 0 aliphatic rings. The molecule has 3 N–H and O–H groups in total. The summed E-state index contributed by atoms with van der Waals surface area (Å²) in [5.41, 5.74) is 0.0851. The molecule has 0 bridgehead atoms. The Balaban J connectivity index is 2.13. The molecule has 0 aliphatic carbocycles. The van der Waals surface area contributed by atoms with Gasteiger partial charge in [0.15, 0.2) is 5.43 Å². The van der Waals surface area contributed by atoms with Crippen molar-refractivity contribution in [2.45, 2.75) is 13.0 Å². The van der Waals surface area contributed by atoms with Crippen molar-refractivity contribution in [3.05, 3.63) is 52.7 Å². The molecule has 0 spiro atoms. The average molecular weight is 342 g/mol. The molecule has 0 amide bonds. The van der Waals surface area contributed by atoms with Crippen molar-refractivity contribution in [1.82, 2.24) is 0 Å². The summed E-state index contributed by atoms with van der Waals surface area (Å²) in [7, 11) is 0. The molecule has 3 aromatic rings. The van der Waals surface area contributed by atoms with Crippen LogP contribution in [0.2, 0.25) is 0 Å². The lowest BCUT2D eigenvalue weighted by molar-refractivity contribution is -0.142. The number of fused-ring (bicyclic) bond motifs is 1. The summed E-state index contributed by atoms with van der Waals surface area (Å²) in [6, 6.07) is 9.61. The highest BCUT2D eigenvalue weighted by Crippen LogP contribution is 2.31. The Kier molecular flexibility index (Phi) is 4.16. The number of phenols is 2. The van der Waals surface area contributed by atoms with E-state index in [1.807, 2.05) is 0 Å². The maximum absolute atomic E-state index is 12.3. The maximum atomic E-state index is 12.3. The lowest BCUT2D eigenvalue weighted by Gasteiger charge is -2.09. The first kappa shape index (κ1) is 16.5. The molecule has 1 heterocycles. The van der Waals surface area contributed by atoms with Crippen molar-refractivity contribution in [2.24, 2.45) is 0 Å². The van der Waals surface area contributed by atoms with Crippen LogP contribution in [0.25, 0.3) is 22.3 Å². The molecule has 0 unspecified atom stereocenters. The van der Waals surface area contributed by atoms with Gasteiger partial charge in [0, 0.05) is 23.8 Å². The average Bonchev–Trinajstić information content (AvgIpc) is 2.54. The van der Waals surface area contributed by atoms with Gasteiger partial charge < -0.3 is 24.5 Å². The molecule has 0 fully saturated rings. The molecule has 2 aromatic carbocycles. The standard InChI is InChI=1S/C18H14O7/c1-9(19)18(23)24-12-6-13(21)17-14(22)8-15(25-16(17)7-12)10-2-4-11(20)5-3-10/h2-9,19-21H,1H3/t9-/m0/s1. The maximum Gasteiger partial charge on any atom is 0.340 e. The topological polar surface area (TPSA) is 117 Å². The summed E-state index contributed by atoms with van der Waals surface area (Å²) < 4.78 is 10.6. The van der Waals surface area contributed by atoms with E-state index >= 15 is 0 Å². The molecule has 0 radical (unpaired) electrons. The van der Waals surface area contributed by atoms with Gasteiger partial charge in [0.2, 0.25) is 0 Å². The minimum absolute atomic E-state index is 0.0176. The molecule has 0 saturated carbocycles. The van der Waals surface area contributed by atoms with Crippen LogP contribution in [0.4, 0.5) is 0 Å². The van der Waals surface area contributed by atoms with Gasteiger partial charge >= 0.3 is 5.97 Å². The highest BCUT2D eigenvalue weighted by molar-refractivity contribution is 5.87. The smallest absolute Gasteiger partial charge is 0.340 e. The van der Waals surface area contributed by atoms with E-state index in [2.05, 4.69) is 0 Å². The Labute approximate surface area is 141 Å². The predicted molar refractivity (Wildman–Crippen MR) is 88.6 cm³/mol. The van der Waals surface area contributed by atoms with E-state index in [0.29, 0.717) is 5.56 Å². The van der Waals surface area contributed by atoms with Crippen molar-refractivity contribution < 1.29 is 29.3 Å². The van der Waals surface area contributed by atoms with Gasteiger partial charge in [0.25, 0.3) is 0 Å². The van der Waals surface area contributed by atoms with Crippen LogP contribution in [0, 0.1) is 0 Å². The first-order chi connectivity index (χ1) is 11.8. The van der Waals surface area contributed by atoms with Crippen LogP contribution in [0.3, 0.4) is 0 Å². The van der Waals surface area contributed by atoms with Crippen LogP contribution in [0.5, 0.6) is 17.2 Å². The second-order valence-electron chi connectivity index (χ2n) is 5.43. The van der Waals surface area contributed by atoms with E-state index in [-0.39, 0.29) is 28.2 Å². The Morgan fingerprint density at radius 3 is 2.44 bits per heavy atom. The van der Waals surface area contributed by atoms with Gasteiger partial charge in [-0.25, -0.2) is 4.79 Å². The third-order valence-electron chi connectivity index (χ3n) is 3.49. The second kappa shape index (κ2) is 6.29. The van der Waals surface area contributed by atoms with E-state index in [9.17, 15) is 24.9 Å². The van der Waals surface area contributed by atoms with Crippen molar-refractivity contribution in [3.63, 3.8) is 0 Å². The zero-order chi connectivity index (χ0) is 18.1. The van der Waals surface area contributed by atoms with Gasteiger partial charge in [-0.15, -0.1) is 0 Å². The fraction of sp³-hybridized carbons (Fsp3) is 0.111. The van der Waals surface area contributed by atoms with Crippen molar-refractivity contribution in [2.75, 3.05) is 0 Å². The summed E-state index contributed by atoms with van der Waals surface area (Å²) in [5.74, 6) is -1.10. The summed E-state index contributed by atoms with van der Waals surface area (Å²) in [6.45, 7) is 1.24. The Hall–Kier alpha value is -3.32. The van der Waals surface area contributed by atoms with Gasteiger partial charge in [0.1, 0.15) is 40.1 Å². The number of rotatable bonds is 3. The third-order valence-corrected chi connectivity index (χ3v) is 3.49. The third kappa shape index (κ3) is 3.31. The summed E-state index contributed by atoms with van der Waals surface area (Å²) in [5, 5.41) is 28.5. The number of aliphatic hydroxyl groups is 1. The van der Waals surface area contributed by atoms with E-state index in [1.54, 1.807) is 12.1 Å². The molecule has 0 aliphatic heterocycles. The number of phenolic OH excluding ortho intramolecular Hbond substituents is 2. The number of esters is 1. The van der Waals surface area contributed by atoms with Crippen molar-refractivity contribution in [1.29, 1.82) is 0 Å². The lowest BCUT2D eigenvalue weighted by atomic mass is 10.1. The molecule has 7 nitrogen and oxygen atoms in total.